The van der Waals surface area contributed by atoms with Gasteiger partial charge in [-0.15, -0.1) is 0 Å². The van der Waals surface area contributed by atoms with Crippen LogP contribution in [0.15, 0.2) is 24.3 Å². The second-order valence-electron chi connectivity index (χ2n) is 7.33. The highest BCUT2D eigenvalue weighted by molar-refractivity contribution is 5.26. The molecule has 1 aromatic rings. The fourth-order valence-corrected chi connectivity index (χ4v) is 2.63. The van der Waals surface area contributed by atoms with Crippen LogP contribution < -0.4 is 5.32 Å². The van der Waals surface area contributed by atoms with E-state index in [1.165, 1.54) is 11.1 Å². The zero-order valence-corrected chi connectivity index (χ0v) is 14.3. The van der Waals surface area contributed by atoms with Crippen LogP contribution in [0.1, 0.15) is 57.7 Å². The lowest BCUT2D eigenvalue weighted by Crippen LogP contribution is -2.38. The van der Waals surface area contributed by atoms with Crippen molar-refractivity contribution in [3.8, 4) is 0 Å². The molecule has 0 bridgehead atoms. The van der Waals surface area contributed by atoms with Gasteiger partial charge in [-0.3, -0.25) is 0 Å². The highest BCUT2D eigenvalue weighted by atomic mass is 15.1. The summed E-state index contributed by atoms with van der Waals surface area (Å²) in [6, 6.07) is 9.42. The topological polar surface area (TPSA) is 15.3 Å². The molecule has 0 aromatic heterocycles. The Morgan fingerprint density at radius 1 is 1.00 bits per heavy atom. The van der Waals surface area contributed by atoms with E-state index in [0.717, 1.165) is 13.1 Å². The molecule has 1 unspecified atom stereocenters. The lowest BCUT2D eigenvalue weighted by Gasteiger charge is -2.30. The van der Waals surface area contributed by atoms with Crippen molar-refractivity contribution in [2.45, 2.75) is 46.6 Å². The maximum atomic E-state index is 3.67. The van der Waals surface area contributed by atoms with E-state index in [2.05, 4.69) is 83.2 Å². The number of hydrogen-bond acceptors (Lipinski definition) is 2. The van der Waals surface area contributed by atoms with Gasteiger partial charge in [0.1, 0.15) is 0 Å². The van der Waals surface area contributed by atoms with Crippen molar-refractivity contribution >= 4 is 0 Å². The van der Waals surface area contributed by atoms with Gasteiger partial charge in [-0.05, 0) is 43.5 Å². The zero-order valence-electron chi connectivity index (χ0n) is 14.3. The minimum absolute atomic E-state index is 0.287. The summed E-state index contributed by atoms with van der Waals surface area (Å²) in [5.41, 5.74) is 3.07. The Hall–Kier alpha value is -0.860. The molecular weight excluding hydrogens is 244 g/mol. The average Bonchev–Trinajstić information content (AvgIpc) is 2.34. The predicted octanol–water partition coefficient (Wildman–Crippen LogP) is 4.05. The van der Waals surface area contributed by atoms with Gasteiger partial charge in [0.15, 0.2) is 0 Å². The van der Waals surface area contributed by atoms with Gasteiger partial charge >= 0.3 is 0 Å². The molecule has 0 amide bonds. The molecule has 0 saturated carbocycles. The lowest BCUT2D eigenvalue weighted by molar-refractivity contribution is 0.227. The summed E-state index contributed by atoms with van der Waals surface area (Å²) in [5.74, 6) is 0.603. The number of rotatable bonds is 7. The first kappa shape index (κ1) is 17.2. The molecule has 0 fully saturated rings. The third-order valence-electron chi connectivity index (χ3n) is 3.73. The summed E-state index contributed by atoms with van der Waals surface area (Å²) in [4.78, 5) is 2.25. The zero-order chi connectivity index (χ0) is 15.3. The number of nitrogens with zero attached hydrogens (tertiary/aromatic N) is 1. The third kappa shape index (κ3) is 5.64. The van der Waals surface area contributed by atoms with Crippen molar-refractivity contribution in [1.29, 1.82) is 0 Å². The largest absolute Gasteiger partial charge is 0.310 e. The summed E-state index contributed by atoms with van der Waals surface area (Å²) >= 11 is 0. The van der Waals surface area contributed by atoms with E-state index >= 15 is 0 Å². The lowest BCUT2D eigenvalue weighted by atomic mass is 9.92. The Kier molecular flexibility index (Phi) is 6.22. The fraction of sp³-hybridized carbons (Fsp3) is 0.667. The molecule has 0 aliphatic carbocycles. The van der Waals surface area contributed by atoms with Crippen LogP contribution in [-0.4, -0.2) is 32.1 Å². The van der Waals surface area contributed by atoms with Crippen LogP contribution in [-0.2, 0) is 0 Å². The molecule has 0 radical (unpaired) electrons. The molecule has 114 valence electrons. The van der Waals surface area contributed by atoms with Gasteiger partial charge in [0, 0.05) is 19.1 Å². The Morgan fingerprint density at radius 2 is 1.50 bits per heavy atom. The summed E-state index contributed by atoms with van der Waals surface area (Å²) < 4.78 is 0. The smallest absolute Gasteiger partial charge is 0.0292 e. The first-order valence-corrected chi connectivity index (χ1v) is 7.69. The molecule has 0 saturated heterocycles. The highest BCUT2D eigenvalue weighted by Crippen LogP contribution is 2.20. The van der Waals surface area contributed by atoms with Gasteiger partial charge < -0.3 is 10.2 Å². The van der Waals surface area contributed by atoms with Crippen LogP contribution in [0.2, 0.25) is 0 Å². The molecule has 20 heavy (non-hydrogen) atoms. The van der Waals surface area contributed by atoms with Crippen molar-refractivity contribution in [2.24, 2.45) is 5.41 Å². The maximum Gasteiger partial charge on any atom is 0.0292 e. The molecule has 1 atom stereocenters. The fourth-order valence-electron chi connectivity index (χ4n) is 2.63. The monoisotopic (exact) mass is 276 g/mol. The summed E-state index contributed by atoms with van der Waals surface area (Å²) in [5, 5.41) is 3.67. The summed E-state index contributed by atoms with van der Waals surface area (Å²) in [7, 11) is 4.27. The van der Waals surface area contributed by atoms with Gasteiger partial charge in [-0.2, -0.15) is 0 Å². The van der Waals surface area contributed by atoms with E-state index in [-0.39, 0.29) is 5.41 Å². The summed E-state index contributed by atoms with van der Waals surface area (Å²) in [6.07, 6.45) is 0. The van der Waals surface area contributed by atoms with E-state index in [9.17, 15) is 0 Å². The summed E-state index contributed by atoms with van der Waals surface area (Å²) in [6.45, 7) is 13.5. The van der Waals surface area contributed by atoms with Gasteiger partial charge in [-0.1, -0.05) is 52.0 Å². The molecule has 2 nitrogen and oxygen atoms in total. The molecule has 1 aromatic carbocycles. The van der Waals surface area contributed by atoms with Crippen LogP contribution in [0.4, 0.5) is 0 Å². The number of hydrogen-bond donors (Lipinski definition) is 1. The third-order valence-corrected chi connectivity index (χ3v) is 3.73. The Morgan fingerprint density at radius 3 is 1.95 bits per heavy atom. The molecule has 0 heterocycles. The first-order chi connectivity index (χ1) is 9.21. The quantitative estimate of drug-likeness (QED) is 0.808. The van der Waals surface area contributed by atoms with Gasteiger partial charge in [-0.25, -0.2) is 0 Å². The van der Waals surface area contributed by atoms with Crippen LogP contribution in [0.3, 0.4) is 0 Å². The van der Waals surface area contributed by atoms with Crippen LogP contribution in [0.5, 0.6) is 0 Å². The van der Waals surface area contributed by atoms with E-state index in [0.29, 0.717) is 12.0 Å². The van der Waals surface area contributed by atoms with Gasteiger partial charge in [0.2, 0.25) is 0 Å². The molecular formula is C18H32N2. The molecule has 0 aliphatic rings. The standard InChI is InChI=1S/C18H32N2/c1-14(2)16-8-10-17(11-9-16)15(3)19-12-18(4,5)13-20(6)7/h8-11,14-15,19H,12-13H2,1-7H3. The molecule has 1 rings (SSSR count). The Bertz CT molecular complexity index is 390. The molecule has 0 aliphatic heterocycles. The number of benzene rings is 1. The van der Waals surface area contributed by atoms with Gasteiger partial charge in [0.25, 0.3) is 0 Å². The van der Waals surface area contributed by atoms with Crippen molar-refractivity contribution < 1.29 is 0 Å². The Balaban J connectivity index is 2.56. The minimum atomic E-state index is 0.287. The molecule has 2 heteroatoms. The van der Waals surface area contributed by atoms with Crippen molar-refractivity contribution in [2.75, 3.05) is 27.2 Å². The minimum Gasteiger partial charge on any atom is -0.310 e. The van der Waals surface area contributed by atoms with Crippen molar-refractivity contribution in [3.05, 3.63) is 35.4 Å². The van der Waals surface area contributed by atoms with Crippen molar-refractivity contribution in [1.82, 2.24) is 10.2 Å². The van der Waals surface area contributed by atoms with Crippen LogP contribution in [0, 0.1) is 5.41 Å². The second-order valence-corrected chi connectivity index (χ2v) is 7.33. The molecule has 1 N–H and O–H groups in total. The van der Waals surface area contributed by atoms with E-state index in [1.54, 1.807) is 0 Å². The van der Waals surface area contributed by atoms with Crippen LogP contribution in [0.25, 0.3) is 0 Å². The van der Waals surface area contributed by atoms with E-state index in [4.69, 9.17) is 0 Å². The maximum absolute atomic E-state index is 3.67. The highest BCUT2D eigenvalue weighted by Gasteiger charge is 2.19. The van der Waals surface area contributed by atoms with Crippen LogP contribution >= 0.6 is 0 Å². The second kappa shape index (κ2) is 7.24. The Labute approximate surface area is 125 Å². The predicted molar refractivity (Wildman–Crippen MR) is 89.3 cm³/mol. The van der Waals surface area contributed by atoms with E-state index < -0.39 is 0 Å². The van der Waals surface area contributed by atoms with Crippen molar-refractivity contribution in [3.63, 3.8) is 0 Å². The first-order valence-electron chi connectivity index (χ1n) is 7.69. The van der Waals surface area contributed by atoms with Gasteiger partial charge in [0.05, 0.1) is 0 Å². The average molecular weight is 276 g/mol. The van der Waals surface area contributed by atoms with E-state index in [1.807, 2.05) is 0 Å². The number of nitrogens with one attached hydrogen (secondary N) is 1. The normalized spacial score (nSPS) is 14.1. The molecule has 0 spiro atoms. The SMILES string of the molecule is CC(C)c1ccc(C(C)NCC(C)(C)CN(C)C)cc1.